The fourth-order valence-corrected chi connectivity index (χ4v) is 1.58. The van der Waals surface area contributed by atoms with Gasteiger partial charge >= 0.3 is 0 Å². The van der Waals surface area contributed by atoms with E-state index in [9.17, 15) is 0 Å². The molecule has 14 heavy (non-hydrogen) atoms. The van der Waals surface area contributed by atoms with Crippen LogP contribution in [0.4, 0.5) is 0 Å². The average molecular weight is 193 g/mol. The molecule has 1 N–H and O–H groups in total. The molecule has 1 aliphatic carbocycles. The van der Waals surface area contributed by atoms with E-state index in [-0.39, 0.29) is 0 Å². The Morgan fingerprint density at radius 3 is 2.79 bits per heavy atom. The quantitative estimate of drug-likeness (QED) is 0.787. The van der Waals surface area contributed by atoms with Gasteiger partial charge in [0.2, 0.25) is 0 Å². The molecule has 1 aromatic rings. The Balaban J connectivity index is 1.97. The van der Waals surface area contributed by atoms with E-state index in [0.717, 1.165) is 13.0 Å². The molecule has 0 amide bonds. The Morgan fingerprint density at radius 2 is 2.29 bits per heavy atom. The first-order chi connectivity index (χ1) is 6.63. The van der Waals surface area contributed by atoms with Crippen LogP contribution in [-0.4, -0.2) is 15.3 Å². The molecular weight excluding hydrogens is 174 g/mol. The van der Waals surface area contributed by atoms with Crippen molar-refractivity contribution in [1.29, 1.82) is 0 Å². The summed E-state index contributed by atoms with van der Waals surface area (Å²) in [6.45, 7) is 5.37. The molecule has 1 aromatic heterocycles. The Hall–Kier alpha value is -0.830. The highest BCUT2D eigenvalue weighted by atomic mass is 15.3. The normalized spacial score (nSPS) is 18.5. The average Bonchev–Trinajstić information content (AvgIpc) is 2.77. The summed E-state index contributed by atoms with van der Waals surface area (Å²) < 4.78 is 1.98. The van der Waals surface area contributed by atoms with E-state index in [4.69, 9.17) is 0 Å². The lowest BCUT2D eigenvalue weighted by Crippen LogP contribution is -2.27. The van der Waals surface area contributed by atoms with Crippen molar-refractivity contribution in [2.24, 2.45) is 7.05 Å². The molecule has 1 aliphatic rings. The van der Waals surface area contributed by atoms with Crippen molar-refractivity contribution in [3.63, 3.8) is 0 Å². The van der Waals surface area contributed by atoms with Crippen molar-refractivity contribution >= 4 is 0 Å². The summed E-state index contributed by atoms with van der Waals surface area (Å²) in [6, 6.07) is 2.19. The van der Waals surface area contributed by atoms with Crippen molar-refractivity contribution in [2.45, 2.75) is 45.2 Å². The van der Waals surface area contributed by atoms with Gasteiger partial charge in [0.05, 0.1) is 11.4 Å². The molecule has 0 spiro atoms. The predicted octanol–water partition coefficient (Wildman–Crippen LogP) is 1.62. The third-order valence-electron chi connectivity index (χ3n) is 3.09. The van der Waals surface area contributed by atoms with Crippen LogP contribution in [0.3, 0.4) is 0 Å². The summed E-state index contributed by atoms with van der Waals surface area (Å²) in [4.78, 5) is 0. The van der Waals surface area contributed by atoms with Crippen molar-refractivity contribution in [3.05, 3.63) is 17.5 Å². The van der Waals surface area contributed by atoms with Gasteiger partial charge in [0, 0.05) is 19.1 Å². The molecule has 3 nitrogen and oxygen atoms in total. The van der Waals surface area contributed by atoms with Crippen LogP contribution < -0.4 is 5.32 Å². The van der Waals surface area contributed by atoms with E-state index in [1.165, 1.54) is 24.2 Å². The zero-order valence-corrected chi connectivity index (χ0v) is 9.30. The van der Waals surface area contributed by atoms with Crippen molar-refractivity contribution in [2.75, 3.05) is 0 Å². The van der Waals surface area contributed by atoms with Gasteiger partial charge in [-0.05, 0) is 32.3 Å². The molecule has 0 radical (unpaired) electrons. The summed E-state index contributed by atoms with van der Waals surface area (Å²) in [6.07, 6.45) is 3.64. The van der Waals surface area contributed by atoms with E-state index in [1.54, 1.807) is 0 Å². The summed E-state index contributed by atoms with van der Waals surface area (Å²) >= 11 is 0. The minimum absolute atomic E-state index is 0.413. The topological polar surface area (TPSA) is 29.9 Å². The van der Waals surface area contributed by atoms with E-state index >= 15 is 0 Å². The Labute approximate surface area is 85.5 Å². The van der Waals surface area contributed by atoms with E-state index < -0.39 is 0 Å². The zero-order valence-electron chi connectivity index (χ0n) is 9.30. The molecule has 0 saturated heterocycles. The molecule has 3 heteroatoms. The van der Waals surface area contributed by atoms with Gasteiger partial charge in [0.15, 0.2) is 0 Å². The lowest BCUT2D eigenvalue weighted by atomic mass is 10.2. The molecule has 0 bridgehead atoms. The Bertz CT molecular complexity index is 323. The second kappa shape index (κ2) is 3.39. The number of hydrogen-bond acceptors (Lipinski definition) is 2. The van der Waals surface area contributed by atoms with Crippen LogP contribution in [0.15, 0.2) is 6.07 Å². The number of aromatic nitrogens is 2. The largest absolute Gasteiger partial charge is 0.306 e. The minimum atomic E-state index is 0.413. The van der Waals surface area contributed by atoms with Gasteiger partial charge in [-0.25, -0.2) is 0 Å². The fraction of sp³-hybridized carbons (Fsp3) is 0.727. The number of rotatable bonds is 4. The monoisotopic (exact) mass is 193 g/mol. The first-order valence-corrected chi connectivity index (χ1v) is 5.40. The summed E-state index contributed by atoms with van der Waals surface area (Å²) in [5.74, 6) is 0. The maximum Gasteiger partial charge on any atom is 0.0625 e. The van der Waals surface area contributed by atoms with Gasteiger partial charge in [-0.2, -0.15) is 5.10 Å². The smallest absolute Gasteiger partial charge is 0.0625 e. The van der Waals surface area contributed by atoms with Crippen LogP contribution in [-0.2, 0) is 20.0 Å². The van der Waals surface area contributed by atoms with Gasteiger partial charge in [0.25, 0.3) is 0 Å². The summed E-state index contributed by atoms with van der Waals surface area (Å²) in [5.41, 5.74) is 2.89. The van der Waals surface area contributed by atoms with E-state index in [0.29, 0.717) is 5.54 Å². The van der Waals surface area contributed by atoms with Crippen LogP contribution in [0.5, 0.6) is 0 Å². The van der Waals surface area contributed by atoms with Crippen molar-refractivity contribution in [3.8, 4) is 0 Å². The molecule has 0 atom stereocenters. The first-order valence-electron chi connectivity index (χ1n) is 5.40. The highest BCUT2D eigenvalue weighted by Crippen LogP contribution is 2.34. The van der Waals surface area contributed by atoms with Crippen LogP contribution >= 0.6 is 0 Å². The SMILES string of the molecule is CCc1cc(CNC2(C)CC2)n(C)n1. The zero-order chi connectivity index (χ0) is 10.2. The number of aryl methyl sites for hydroxylation is 2. The van der Waals surface area contributed by atoms with Crippen LogP contribution in [0, 0.1) is 0 Å². The fourth-order valence-electron chi connectivity index (χ4n) is 1.58. The Kier molecular flexibility index (Phi) is 2.35. The molecule has 2 rings (SSSR count). The number of hydrogen-bond donors (Lipinski definition) is 1. The third kappa shape index (κ3) is 1.98. The molecule has 1 fully saturated rings. The second-order valence-electron chi connectivity index (χ2n) is 4.52. The van der Waals surface area contributed by atoms with Gasteiger partial charge in [-0.1, -0.05) is 6.92 Å². The lowest BCUT2D eigenvalue weighted by Gasteiger charge is -2.10. The number of nitrogens with zero attached hydrogens (tertiary/aromatic N) is 2. The van der Waals surface area contributed by atoms with Crippen LogP contribution in [0.1, 0.15) is 38.1 Å². The molecule has 0 unspecified atom stereocenters. The molecule has 1 saturated carbocycles. The van der Waals surface area contributed by atoms with Crippen molar-refractivity contribution < 1.29 is 0 Å². The molecule has 1 heterocycles. The summed E-state index contributed by atoms with van der Waals surface area (Å²) in [5, 5.41) is 7.99. The maximum absolute atomic E-state index is 4.43. The van der Waals surface area contributed by atoms with Crippen molar-refractivity contribution in [1.82, 2.24) is 15.1 Å². The second-order valence-corrected chi connectivity index (χ2v) is 4.52. The maximum atomic E-state index is 4.43. The number of nitrogens with one attached hydrogen (secondary N) is 1. The van der Waals surface area contributed by atoms with Gasteiger partial charge in [0.1, 0.15) is 0 Å². The third-order valence-corrected chi connectivity index (χ3v) is 3.09. The van der Waals surface area contributed by atoms with Gasteiger partial charge < -0.3 is 5.32 Å². The predicted molar refractivity (Wildman–Crippen MR) is 57.1 cm³/mol. The highest BCUT2D eigenvalue weighted by molar-refractivity contribution is 5.11. The molecule has 0 aromatic carbocycles. The molecule has 78 valence electrons. The Morgan fingerprint density at radius 1 is 1.57 bits per heavy atom. The lowest BCUT2D eigenvalue weighted by molar-refractivity contribution is 0.517. The highest BCUT2D eigenvalue weighted by Gasteiger charge is 2.36. The van der Waals surface area contributed by atoms with Gasteiger partial charge in [-0.15, -0.1) is 0 Å². The van der Waals surface area contributed by atoms with Crippen LogP contribution in [0.25, 0.3) is 0 Å². The standard InChI is InChI=1S/C11H19N3/c1-4-9-7-10(14(3)13-9)8-12-11(2)5-6-11/h7,12H,4-6,8H2,1-3H3. The first kappa shape index (κ1) is 9.71. The van der Waals surface area contributed by atoms with E-state index in [2.05, 4.69) is 30.3 Å². The molecule has 0 aliphatic heterocycles. The van der Waals surface area contributed by atoms with Gasteiger partial charge in [-0.3, -0.25) is 4.68 Å². The van der Waals surface area contributed by atoms with Crippen LogP contribution in [0.2, 0.25) is 0 Å². The summed E-state index contributed by atoms with van der Waals surface area (Å²) in [7, 11) is 2.02. The minimum Gasteiger partial charge on any atom is -0.306 e. The van der Waals surface area contributed by atoms with E-state index in [1.807, 2.05) is 11.7 Å². The molecular formula is C11H19N3.